The maximum Gasteiger partial charge on any atom is 0.225 e. The lowest BCUT2D eigenvalue weighted by Gasteiger charge is -2.26. The molecule has 0 saturated heterocycles. The van der Waals surface area contributed by atoms with Crippen molar-refractivity contribution in [3.8, 4) is 5.69 Å². The number of para-hydroxylation sites is 2. The third-order valence-electron chi connectivity index (χ3n) is 4.56. The van der Waals surface area contributed by atoms with Gasteiger partial charge in [-0.05, 0) is 29.3 Å². The van der Waals surface area contributed by atoms with E-state index in [4.69, 9.17) is 0 Å². The third kappa shape index (κ3) is 3.32. The first kappa shape index (κ1) is 15.6. The molecule has 0 aliphatic carbocycles. The van der Waals surface area contributed by atoms with Gasteiger partial charge in [-0.2, -0.15) is 5.10 Å². The summed E-state index contributed by atoms with van der Waals surface area (Å²) in [6.07, 6.45) is 4.24. The summed E-state index contributed by atoms with van der Waals surface area (Å²) in [6.45, 7) is 1.49. The summed E-state index contributed by atoms with van der Waals surface area (Å²) in [5.74, 6) is 0.282. The number of fused-ring (bicyclic) bond motifs is 1. The number of benzene rings is 2. The molecule has 0 saturated carbocycles. The Bertz CT molecular complexity index is 873. The van der Waals surface area contributed by atoms with Crippen molar-refractivity contribution in [3.63, 3.8) is 0 Å². The van der Waals surface area contributed by atoms with Gasteiger partial charge in [-0.3, -0.25) is 4.79 Å². The second-order valence-corrected chi connectivity index (χ2v) is 6.25. The highest BCUT2D eigenvalue weighted by molar-refractivity contribution is 5.94. The van der Waals surface area contributed by atoms with E-state index < -0.39 is 0 Å². The number of rotatable bonds is 5. The SMILES string of the molecule is O=C1C[C@H](CNCc2ccccc2-n2cccn2)c2ccccc2N1. The molecule has 0 fully saturated rings. The highest BCUT2D eigenvalue weighted by Gasteiger charge is 2.24. The van der Waals surface area contributed by atoms with E-state index in [0.29, 0.717) is 6.42 Å². The van der Waals surface area contributed by atoms with Crippen molar-refractivity contribution in [2.24, 2.45) is 0 Å². The maximum atomic E-state index is 11.9. The van der Waals surface area contributed by atoms with Crippen LogP contribution in [0.2, 0.25) is 0 Å². The van der Waals surface area contributed by atoms with Gasteiger partial charge in [0, 0.05) is 43.5 Å². The Morgan fingerprint density at radius 3 is 2.84 bits per heavy atom. The molecule has 1 aliphatic rings. The minimum Gasteiger partial charge on any atom is -0.326 e. The first-order valence-corrected chi connectivity index (χ1v) is 8.48. The van der Waals surface area contributed by atoms with Crippen LogP contribution in [-0.2, 0) is 11.3 Å². The van der Waals surface area contributed by atoms with Crippen LogP contribution in [0.4, 0.5) is 5.69 Å². The highest BCUT2D eigenvalue weighted by atomic mass is 16.1. The number of hydrogen-bond donors (Lipinski definition) is 2. The Morgan fingerprint density at radius 2 is 1.96 bits per heavy atom. The minimum atomic E-state index is 0.0856. The van der Waals surface area contributed by atoms with Crippen molar-refractivity contribution in [2.75, 3.05) is 11.9 Å². The van der Waals surface area contributed by atoms with E-state index in [0.717, 1.165) is 24.5 Å². The van der Waals surface area contributed by atoms with Crippen molar-refractivity contribution in [1.82, 2.24) is 15.1 Å². The van der Waals surface area contributed by atoms with Crippen LogP contribution in [-0.4, -0.2) is 22.2 Å². The Hall–Kier alpha value is -2.92. The van der Waals surface area contributed by atoms with Gasteiger partial charge in [-0.15, -0.1) is 0 Å². The van der Waals surface area contributed by atoms with Gasteiger partial charge in [0.05, 0.1) is 5.69 Å². The van der Waals surface area contributed by atoms with E-state index in [1.165, 1.54) is 11.1 Å². The van der Waals surface area contributed by atoms with Crippen molar-refractivity contribution < 1.29 is 4.79 Å². The molecule has 2 aromatic carbocycles. The molecule has 126 valence electrons. The maximum absolute atomic E-state index is 11.9. The number of aromatic nitrogens is 2. The van der Waals surface area contributed by atoms with Crippen LogP contribution in [0.15, 0.2) is 67.0 Å². The molecule has 4 rings (SSSR count). The number of nitrogens with one attached hydrogen (secondary N) is 2. The van der Waals surface area contributed by atoms with Gasteiger partial charge in [0.2, 0.25) is 5.91 Å². The number of hydrogen-bond acceptors (Lipinski definition) is 3. The zero-order valence-electron chi connectivity index (χ0n) is 13.9. The monoisotopic (exact) mass is 332 g/mol. The standard InChI is InChI=1S/C20H20N4O/c25-20-12-16(17-7-2-3-8-18(17)23-20)14-21-13-15-6-1-4-9-19(15)24-11-5-10-22-24/h1-11,16,21H,12-14H2,(H,23,25)/t16-/m1/s1. The molecular weight excluding hydrogens is 312 g/mol. The van der Waals surface area contributed by atoms with E-state index in [9.17, 15) is 4.79 Å². The quantitative estimate of drug-likeness (QED) is 0.755. The summed E-state index contributed by atoms with van der Waals surface area (Å²) in [5, 5.41) is 10.8. The van der Waals surface area contributed by atoms with Gasteiger partial charge in [0.1, 0.15) is 0 Å². The van der Waals surface area contributed by atoms with Crippen molar-refractivity contribution in [2.45, 2.75) is 18.9 Å². The van der Waals surface area contributed by atoms with E-state index in [1.54, 1.807) is 6.20 Å². The molecule has 0 radical (unpaired) electrons. The normalized spacial score (nSPS) is 16.3. The largest absolute Gasteiger partial charge is 0.326 e. The first-order chi connectivity index (χ1) is 12.3. The number of carbonyl (C=O) groups is 1. The number of amides is 1. The summed E-state index contributed by atoms with van der Waals surface area (Å²) in [5.41, 5.74) is 4.39. The average molecular weight is 332 g/mol. The molecule has 3 aromatic rings. The number of anilines is 1. The molecule has 0 unspecified atom stereocenters. The average Bonchev–Trinajstić information content (AvgIpc) is 3.16. The van der Waals surface area contributed by atoms with Gasteiger partial charge in [-0.1, -0.05) is 36.4 Å². The molecule has 25 heavy (non-hydrogen) atoms. The highest BCUT2D eigenvalue weighted by Crippen LogP contribution is 2.31. The molecule has 5 heteroatoms. The van der Waals surface area contributed by atoms with Crippen LogP contribution in [0.1, 0.15) is 23.5 Å². The van der Waals surface area contributed by atoms with Gasteiger partial charge in [0.25, 0.3) is 0 Å². The van der Waals surface area contributed by atoms with Crippen LogP contribution in [0.25, 0.3) is 5.69 Å². The topological polar surface area (TPSA) is 59.0 Å². The lowest BCUT2D eigenvalue weighted by atomic mass is 9.90. The molecule has 0 spiro atoms. The van der Waals surface area contributed by atoms with E-state index in [2.05, 4.69) is 33.9 Å². The van der Waals surface area contributed by atoms with Gasteiger partial charge >= 0.3 is 0 Å². The second kappa shape index (κ2) is 6.91. The lowest BCUT2D eigenvalue weighted by molar-refractivity contribution is -0.116. The fourth-order valence-electron chi connectivity index (χ4n) is 3.36. The predicted molar refractivity (Wildman–Crippen MR) is 97.7 cm³/mol. The summed E-state index contributed by atoms with van der Waals surface area (Å²) < 4.78 is 1.88. The zero-order valence-corrected chi connectivity index (χ0v) is 13.9. The van der Waals surface area contributed by atoms with Crippen LogP contribution in [0, 0.1) is 0 Å². The molecular formula is C20H20N4O. The van der Waals surface area contributed by atoms with Crippen LogP contribution < -0.4 is 10.6 Å². The Labute approximate surface area is 146 Å². The van der Waals surface area contributed by atoms with Crippen LogP contribution in [0.3, 0.4) is 0 Å². The Balaban J connectivity index is 1.46. The first-order valence-electron chi connectivity index (χ1n) is 8.48. The molecule has 2 heterocycles. The Morgan fingerprint density at radius 1 is 1.12 bits per heavy atom. The molecule has 2 N–H and O–H groups in total. The van der Waals surface area contributed by atoms with Crippen molar-refractivity contribution >= 4 is 11.6 Å². The van der Waals surface area contributed by atoms with Gasteiger partial charge in [0.15, 0.2) is 0 Å². The van der Waals surface area contributed by atoms with Crippen LogP contribution >= 0.6 is 0 Å². The fourth-order valence-corrected chi connectivity index (χ4v) is 3.36. The molecule has 1 aliphatic heterocycles. The zero-order chi connectivity index (χ0) is 17.1. The molecule has 1 atom stereocenters. The summed E-state index contributed by atoms with van der Waals surface area (Å²) >= 11 is 0. The molecule has 5 nitrogen and oxygen atoms in total. The van der Waals surface area contributed by atoms with Gasteiger partial charge in [-0.25, -0.2) is 4.68 Å². The van der Waals surface area contributed by atoms with E-state index in [-0.39, 0.29) is 11.8 Å². The molecule has 1 aromatic heterocycles. The second-order valence-electron chi connectivity index (χ2n) is 6.25. The third-order valence-corrected chi connectivity index (χ3v) is 4.56. The van der Waals surface area contributed by atoms with Gasteiger partial charge < -0.3 is 10.6 Å². The summed E-state index contributed by atoms with van der Waals surface area (Å²) in [7, 11) is 0. The summed E-state index contributed by atoms with van der Waals surface area (Å²) in [4.78, 5) is 11.9. The van der Waals surface area contributed by atoms with E-state index in [1.807, 2.05) is 47.3 Å². The molecule has 0 bridgehead atoms. The summed E-state index contributed by atoms with van der Waals surface area (Å²) in [6, 6.07) is 18.2. The van der Waals surface area contributed by atoms with Crippen molar-refractivity contribution in [1.29, 1.82) is 0 Å². The predicted octanol–water partition coefficient (Wildman–Crippen LogP) is 3.09. The minimum absolute atomic E-state index is 0.0856. The van der Waals surface area contributed by atoms with Crippen molar-refractivity contribution in [3.05, 3.63) is 78.1 Å². The van der Waals surface area contributed by atoms with E-state index >= 15 is 0 Å². The lowest BCUT2D eigenvalue weighted by Crippen LogP contribution is -2.29. The van der Waals surface area contributed by atoms with Crippen LogP contribution in [0.5, 0.6) is 0 Å². The smallest absolute Gasteiger partial charge is 0.225 e. The fraction of sp³-hybridized carbons (Fsp3) is 0.200. The molecule has 1 amide bonds. The Kier molecular flexibility index (Phi) is 4.31. The number of nitrogens with zero attached hydrogens (tertiary/aromatic N) is 2. The number of carbonyl (C=O) groups excluding carboxylic acids is 1.